The van der Waals surface area contributed by atoms with E-state index in [9.17, 15) is 4.79 Å². The molecule has 0 bridgehead atoms. The van der Waals surface area contributed by atoms with Crippen LogP contribution in [0.2, 0.25) is 0 Å². The number of hydrogen-bond donors (Lipinski definition) is 0. The molecule has 0 unspecified atom stereocenters. The third-order valence-corrected chi connectivity index (χ3v) is 1.10. The Morgan fingerprint density at radius 2 is 2.44 bits per heavy atom. The number of carbonyl (C=O) groups excluding carboxylic acids is 1. The summed E-state index contributed by atoms with van der Waals surface area (Å²) in [6.45, 7) is 2.44. The average Bonchev–Trinajstić information content (AvgIpc) is 1.77. The second-order valence-electron chi connectivity index (χ2n) is 1.75. The fourth-order valence-corrected chi connectivity index (χ4v) is 0.507. The molecule has 4 heteroatoms. The first kappa shape index (κ1) is 9.12. The molecule has 1 aliphatic heterocycles. The van der Waals surface area contributed by atoms with Crippen LogP contribution in [0.1, 0.15) is 0 Å². The molecule has 1 saturated heterocycles. The monoisotopic (exact) mass is 298 g/mol. The number of rotatable bonds is 0. The van der Waals surface area contributed by atoms with Gasteiger partial charge < -0.3 is 9.64 Å². The van der Waals surface area contributed by atoms with Crippen molar-refractivity contribution in [1.29, 1.82) is 0 Å². The molecule has 0 atom stereocenters. The molecule has 1 fully saturated rings. The van der Waals surface area contributed by atoms with E-state index in [2.05, 4.69) is 0 Å². The molecule has 3 nitrogen and oxygen atoms in total. The van der Waals surface area contributed by atoms with E-state index in [1.54, 1.807) is 18.6 Å². The van der Waals surface area contributed by atoms with Gasteiger partial charge in [-0.15, -0.1) is 0 Å². The zero-order valence-electron chi connectivity index (χ0n) is 5.16. The van der Waals surface area contributed by atoms with Crippen LogP contribution in [-0.4, -0.2) is 31.0 Å². The summed E-state index contributed by atoms with van der Waals surface area (Å²) in [6, 6.07) is 0. The first-order valence-electron chi connectivity index (χ1n) is 2.48. The van der Waals surface area contributed by atoms with Gasteiger partial charge in [0.25, 0.3) is 0 Å². The Hall–Kier alpha value is 0.118. The molecule has 0 N–H and O–H groups in total. The van der Waals surface area contributed by atoms with Gasteiger partial charge in [-0.05, 0) is 0 Å². The van der Waals surface area contributed by atoms with Gasteiger partial charge in [0.05, 0.1) is 6.61 Å². The zero-order chi connectivity index (χ0) is 5.98. The predicted octanol–water partition coefficient (Wildman–Crippen LogP) is -0.366. The first-order valence-corrected chi connectivity index (χ1v) is 2.48. The Bertz CT molecular complexity index is 107. The number of ether oxygens (including phenoxy) is 1. The maximum atomic E-state index is 10.6. The van der Waals surface area contributed by atoms with E-state index in [4.69, 9.17) is 4.74 Å². The summed E-state index contributed by atoms with van der Waals surface area (Å²) in [5, 5.41) is 0. The fraction of sp³-hybridized carbons (Fsp3) is 0.600. The number of hydrogen-bond acceptors (Lipinski definition) is 2. The summed E-state index contributed by atoms with van der Waals surface area (Å²) >= 11 is 0. The number of carbonyl (C=O) groups is 1. The fourth-order valence-electron chi connectivity index (χ4n) is 0.507. The molecule has 0 aromatic rings. The van der Waals surface area contributed by atoms with E-state index in [1.807, 2.05) is 0 Å². The van der Waals surface area contributed by atoms with E-state index in [-0.39, 0.29) is 33.6 Å². The molecule has 0 aliphatic carbocycles. The summed E-state index contributed by atoms with van der Waals surface area (Å²) in [7, 11) is 1.75. The topological polar surface area (TPSA) is 29.5 Å². The summed E-state index contributed by atoms with van der Waals surface area (Å²) in [4.78, 5) is 12.2. The van der Waals surface area contributed by atoms with Gasteiger partial charge in [-0.1, -0.05) is 6.54 Å². The molecule has 0 radical (unpaired) electrons. The largest absolute Gasteiger partial charge is 2.00 e. The van der Waals surface area contributed by atoms with Crippen molar-refractivity contribution in [2.24, 2.45) is 0 Å². The second kappa shape index (κ2) is 4.02. The number of amides is 1. The molecule has 0 aromatic heterocycles. The van der Waals surface area contributed by atoms with Crippen molar-refractivity contribution in [3.05, 3.63) is 6.61 Å². The summed E-state index contributed by atoms with van der Waals surface area (Å²) in [5.41, 5.74) is 0. The van der Waals surface area contributed by atoms with Crippen molar-refractivity contribution >= 4 is 5.91 Å². The molecule has 9 heavy (non-hydrogen) atoms. The molecule has 1 amide bonds. The van der Waals surface area contributed by atoms with Gasteiger partial charge in [0.15, 0.2) is 0 Å². The van der Waals surface area contributed by atoms with Crippen molar-refractivity contribution in [2.45, 2.75) is 0 Å². The smallest absolute Gasteiger partial charge is 0.543 e. The van der Waals surface area contributed by atoms with Crippen LogP contribution in [0.5, 0.6) is 0 Å². The Morgan fingerprint density at radius 1 is 1.78 bits per heavy atom. The SMILES string of the molecule is CN1C[CH-]OCC1=O.[W+2]. The Kier molecular flexibility index (Phi) is 4.07. The summed E-state index contributed by atoms with van der Waals surface area (Å²) in [5.74, 6) is 0.0486. The van der Waals surface area contributed by atoms with E-state index < -0.39 is 0 Å². The maximum absolute atomic E-state index is 10.6. The third kappa shape index (κ3) is 2.46. The average molecular weight is 298 g/mol. The van der Waals surface area contributed by atoms with Crippen LogP contribution >= 0.6 is 0 Å². The van der Waals surface area contributed by atoms with Crippen LogP contribution < -0.4 is 0 Å². The Balaban J connectivity index is 0.000000640. The van der Waals surface area contributed by atoms with E-state index in [0.717, 1.165) is 0 Å². The van der Waals surface area contributed by atoms with Gasteiger partial charge in [0, 0.05) is 7.05 Å². The number of morpholine rings is 1. The Labute approximate surface area is 68.6 Å². The van der Waals surface area contributed by atoms with Gasteiger partial charge in [-0.3, -0.25) is 4.79 Å². The van der Waals surface area contributed by atoms with Crippen molar-refractivity contribution in [3.63, 3.8) is 0 Å². The molecular formula is C5H8NO2W+. The Morgan fingerprint density at radius 3 is 2.78 bits per heavy atom. The van der Waals surface area contributed by atoms with Crippen LogP contribution in [0.15, 0.2) is 0 Å². The van der Waals surface area contributed by atoms with Crippen molar-refractivity contribution < 1.29 is 30.6 Å². The molecule has 1 heterocycles. The molecule has 0 saturated carbocycles. The van der Waals surface area contributed by atoms with Gasteiger partial charge in [-0.2, -0.15) is 6.61 Å². The zero-order valence-corrected chi connectivity index (χ0v) is 8.10. The van der Waals surface area contributed by atoms with Crippen molar-refractivity contribution in [2.75, 3.05) is 20.2 Å². The van der Waals surface area contributed by atoms with Crippen LogP contribution in [0, 0.1) is 6.61 Å². The van der Waals surface area contributed by atoms with Gasteiger partial charge in [-0.25, -0.2) is 0 Å². The summed E-state index contributed by atoms with van der Waals surface area (Å²) in [6.07, 6.45) is 0. The van der Waals surface area contributed by atoms with Gasteiger partial charge in [0.1, 0.15) is 0 Å². The van der Waals surface area contributed by atoms with Crippen LogP contribution in [0.4, 0.5) is 0 Å². The predicted molar refractivity (Wildman–Crippen MR) is 27.9 cm³/mol. The first-order chi connectivity index (χ1) is 3.80. The van der Waals surface area contributed by atoms with E-state index in [1.165, 1.54) is 0 Å². The number of likely N-dealkylation sites (N-methyl/N-ethyl adjacent to an activating group) is 1. The molecule has 1 aliphatic rings. The maximum Gasteiger partial charge on any atom is 2.00 e. The summed E-state index contributed by atoms with van der Waals surface area (Å²) < 4.78 is 4.74. The number of nitrogens with zero attached hydrogens (tertiary/aromatic N) is 1. The third-order valence-electron chi connectivity index (χ3n) is 1.10. The van der Waals surface area contributed by atoms with E-state index >= 15 is 0 Å². The molecule has 50 valence electrons. The molecule has 0 aromatic carbocycles. The standard InChI is InChI=1S/C5H8NO2.W/c1-6-2-3-8-4-5(6)7;/h3H,2,4H2,1H3;/q-1;+2. The van der Waals surface area contributed by atoms with Crippen LogP contribution in [0.3, 0.4) is 0 Å². The minimum Gasteiger partial charge on any atom is -0.543 e. The van der Waals surface area contributed by atoms with Crippen LogP contribution in [-0.2, 0) is 30.6 Å². The van der Waals surface area contributed by atoms with Crippen LogP contribution in [0.25, 0.3) is 0 Å². The quantitative estimate of drug-likeness (QED) is 0.571. The minimum atomic E-state index is 0. The molecular weight excluding hydrogens is 290 g/mol. The van der Waals surface area contributed by atoms with E-state index in [0.29, 0.717) is 6.54 Å². The normalized spacial score (nSPS) is 19.2. The second-order valence-corrected chi connectivity index (χ2v) is 1.75. The molecule has 1 rings (SSSR count). The van der Waals surface area contributed by atoms with Crippen molar-refractivity contribution in [1.82, 2.24) is 4.90 Å². The minimum absolute atomic E-state index is 0. The molecule has 0 spiro atoms. The van der Waals surface area contributed by atoms with Gasteiger partial charge in [0.2, 0.25) is 5.91 Å². The van der Waals surface area contributed by atoms with Gasteiger partial charge >= 0.3 is 21.1 Å². The van der Waals surface area contributed by atoms with Crippen molar-refractivity contribution in [3.8, 4) is 0 Å².